The molecule has 0 saturated carbocycles. The molecule has 0 aromatic heterocycles. The topological polar surface area (TPSA) is 78.9 Å². The predicted octanol–water partition coefficient (Wildman–Crippen LogP) is 7.50. The molecule has 6 rings (SSSR count). The summed E-state index contributed by atoms with van der Waals surface area (Å²) in [4.78, 5) is 29.1. The van der Waals surface area contributed by atoms with Crippen LogP contribution in [0.3, 0.4) is 0 Å². The smallest absolute Gasteiger partial charge is 0.238 e. The van der Waals surface area contributed by atoms with Gasteiger partial charge >= 0.3 is 0 Å². The summed E-state index contributed by atoms with van der Waals surface area (Å²) in [6.45, 7) is 6.93. The second-order valence-corrected chi connectivity index (χ2v) is 12.1. The zero-order chi connectivity index (χ0) is 29.4. The van der Waals surface area contributed by atoms with Crippen LogP contribution >= 0.6 is 0 Å². The van der Waals surface area contributed by atoms with Gasteiger partial charge in [0.05, 0.1) is 30.2 Å². The molecule has 216 valence electrons. The van der Waals surface area contributed by atoms with Gasteiger partial charge in [0.1, 0.15) is 5.75 Å². The van der Waals surface area contributed by atoms with Crippen molar-refractivity contribution in [3.63, 3.8) is 0 Å². The van der Waals surface area contributed by atoms with Crippen molar-refractivity contribution in [3.05, 3.63) is 101 Å². The van der Waals surface area contributed by atoms with E-state index in [1.807, 2.05) is 66.7 Å². The molecular weight excluding hydrogens is 524 g/mol. The van der Waals surface area contributed by atoms with Gasteiger partial charge in [-0.25, -0.2) is 0 Å². The Kier molecular flexibility index (Phi) is 7.74. The van der Waals surface area contributed by atoms with Crippen LogP contribution in [0.1, 0.15) is 45.6 Å². The number of phenols is 1. The normalized spacial score (nSPS) is 23.9. The number of rotatable bonds is 8. The summed E-state index contributed by atoms with van der Waals surface area (Å²) in [6, 6.07) is 24.7. The number of nitrogens with one attached hydrogen (secondary N) is 1. The van der Waals surface area contributed by atoms with Crippen molar-refractivity contribution in [1.29, 1.82) is 0 Å². The van der Waals surface area contributed by atoms with Crippen molar-refractivity contribution < 1.29 is 19.4 Å². The molecule has 2 N–H and O–H groups in total. The van der Waals surface area contributed by atoms with Crippen LogP contribution in [0.5, 0.6) is 5.75 Å². The number of fused-ring (bicyclic) bond motifs is 3. The fourth-order valence-electron chi connectivity index (χ4n) is 6.93. The molecule has 2 aliphatic heterocycles. The Morgan fingerprint density at radius 2 is 1.71 bits per heavy atom. The van der Waals surface area contributed by atoms with E-state index in [9.17, 15) is 14.7 Å². The molecule has 2 fully saturated rings. The first-order valence-corrected chi connectivity index (χ1v) is 14.9. The number of carbonyl (C=O) groups excluding carboxylic acids is 2. The third-order valence-corrected chi connectivity index (χ3v) is 8.91. The van der Waals surface area contributed by atoms with E-state index in [0.717, 1.165) is 29.8 Å². The van der Waals surface area contributed by atoms with Gasteiger partial charge in [0, 0.05) is 17.3 Å². The molecule has 0 spiro atoms. The van der Waals surface area contributed by atoms with E-state index >= 15 is 0 Å². The number of carbonyl (C=O) groups is 2. The van der Waals surface area contributed by atoms with Gasteiger partial charge < -0.3 is 15.2 Å². The van der Waals surface area contributed by atoms with Gasteiger partial charge in [-0.1, -0.05) is 61.4 Å². The molecule has 0 radical (unpaired) electrons. The highest BCUT2D eigenvalue weighted by molar-refractivity contribution is 6.22. The Hall–Kier alpha value is -4.16. The number of allylic oxidation sites excluding steroid dienone is 2. The Morgan fingerprint density at radius 3 is 2.43 bits per heavy atom. The van der Waals surface area contributed by atoms with E-state index in [1.165, 1.54) is 21.6 Å². The molecule has 2 saturated heterocycles. The summed E-state index contributed by atoms with van der Waals surface area (Å²) in [5.74, 6) is -0.473. The van der Waals surface area contributed by atoms with E-state index in [4.69, 9.17) is 4.74 Å². The van der Waals surface area contributed by atoms with Gasteiger partial charge in [0.15, 0.2) is 0 Å². The number of nitrogens with zero attached hydrogens (tertiary/aromatic N) is 1. The molecule has 3 aromatic carbocycles. The number of ether oxygens (including phenoxy) is 1. The fourth-order valence-corrected chi connectivity index (χ4v) is 6.93. The summed E-state index contributed by atoms with van der Waals surface area (Å²) in [6.07, 6.45) is 4.32. The highest BCUT2D eigenvalue weighted by Gasteiger charge is 2.57. The Bertz CT molecular complexity index is 1540. The van der Waals surface area contributed by atoms with Crippen LogP contribution in [0, 0.1) is 23.7 Å². The van der Waals surface area contributed by atoms with Crippen LogP contribution in [0.4, 0.5) is 17.1 Å². The standard InChI is InChI=1S/C36H38N2O4/c1-22(2)29-20-30-34(31-21-42-32(33(29)31)17-12-23(3)18-24-8-7-11-28(39)19-24)36(41)38(35(30)40)27-15-13-26(14-16-27)37-25-9-5-4-6-10-25/h4-11,13-16,18-19,22,30-32,34,37,39H,12,17,20-21H2,1-3H3/b23-18+/t30-,31+,32-,34-/m1/s1. The number of hydrogen-bond acceptors (Lipinski definition) is 5. The zero-order valence-electron chi connectivity index (χ0n) is 24.4. The highest BCUT2D eigenvalue weighted by Crippen LogP contribution is 2.52. The first-order valence-electron chi connectivity index (χ1n) is 14.9. The van der Waals surface area contributed by atoms with Gasteiger partial charge in [-0.3, -0.25) is 14.5 Å². The molecular formula is C36H38N2O4. The molecule has 2 amide bonds. The van der Waals surface area contributed by atoms with Crippen LogP contribution in [0.15, 0.2) is 95.6 Å². The predicted molar refractivity (Wildman–Crippen MR) is 166 cm³/mol. The Balaban J connectivity index is 1.20. The van der Waals surface area contributed by atoms with Gasteiger partial charge in [-0.2, -0.15) is 0 Å². The second-order valence-electron chi connectivity index (χ2n) is 12.1. The minimum atomic E-state index is -0.383. The fraction of sp³-hybridized carbons (Fsp3) is 0.333. The van der Waals surface area contributed by atoms with E-state index in [1.54, 1.807) is 12.1 Å². The average Bonchev–Trinajstić information content (AvgIpc) is 3.50. The molecule has 3 aromatic rings. The van der Waals surface area contributed by atoms with Crippen molar-refractivity contribution in [2.45, 2.75) is 46.1 Å². The van der Waals surface area contributed by atoms with Crippen molar-refractivity contribution in [3.8, 4) is 5.75 Å². The molecule has 0 unspecified atom stereocenters. The van der Waals surface area contributed by atoms with Gasteiger partial charge in [0.2, 0.25) is 11.8 Å². The summed E-state index contributed by atoms with van der Waals surface area (Å²) in [5, 5.41) is 13.2. The van der Waals surface area contributed by atoms with Crippen LogP contribution in [0.25, 0.3) is 6.08 Å². The van der Waals surface area contributed by atoms with Crippen LogP contribution in [-0.4, -0.2) is 29.6 Å². The van der Waals surface area contributed by atoms with Crippen molar-refractivity contribution in [2.24, 2.45) is 23.7 Å². The van der Waals surface area contributed by atoms with E-state index in [0.29, 0.717) is 18.7 Å². The van der Waals surface area contributed by atoms with E-state index < -0.39 is 0 Å². The molecule has 4 atom stereocenters. The number of amides is 2. The molecule has 0 bridgehead atoms. The number of para-hydroxylation sites is 1. The monoisotopic (exact) mass is 562 g/mol. The summed E-state index contributed by atoms with van der Waals surface area (Å²) >= 11 is 0. The van der Waals surface area contributed by atoms with Crippen molar-refractivity contribution in [2.75, 3.05) is 16.8 Å². The minimum absolute atomic E-state index is 0.0545. The summed E-state index contributed by atoms with van der Waals surface area (Å²) in [5.41, 5.74) is 7.20. The summed E-state index contributed by atoms with van der Waals surface area (Å²) in [7, 11) is 0. The lowest BCUT2D eigenvalue weighted by atomic mass is 9.67. The van der Waals surface area contributed by atoms with E-state index in [-0.39, 0.29) is 47.3 Å². The summed E-state index contributed by atoms with van der Waals surface area (Å²) < 4.78 is 6.39. The third-order valence-electron chi connectivity index (χ3n) is 8.91. The number of hydrogen-bond donors (Lipinski definition) is 2. The lowest BCUT2D eigenvalue weighted by Crippen LogP contribution is -2.35. The lowest BCUT2D eigenvalue weighted by Gasteiger charge is -2.33. The number of aromatic hydroxyl groups is 1. The van der Waals surface area contributed by atoms with Gasteiger partial charge in [-0.15, -0.1) is 0 Å². The molecule has 1 aliphatic carbocycles. The van der Waals surface area contributed by atoms with Crippen molar-refractivity contribution >= 4 is 35.0 Å². The average molecular weight is 563 g/mol. The van der Waals surface area contributed by atoms with Crippen molar-refractivity contribution in [1.82, 2.24) is 0 Å². The number of phenolic OH excluding ortho intramolecular Hbond substituents is 1. The maximum absolute atomic E-state index is 13.9. The maximum Gasteiger partial charge on any atom is 0.238 e. The highest BCUT2D eigenvalue weighted by atomic mass is 16.5. The second kappa shape index (κ2) is 11.6. The molecule has 3 aliphatic rings. The minimum Gasteiger partial charge on any atom is -0.508 e. The lowest BCUT2D eigenvalue weighted by molar-refractivity contribution is -0.122. The quantitative estimate of drug-likeness (QED) is 0.220. The third kappa shape index (κ3) is 5.39. The Morgan fingerprint density at radius 1 is 0.976 bits per heavy atom. The Labute approximate surface area is 247 Å². The first-order chi connectivity index (χ1) is 20.3. The molecule has 42 heavy (non-hydrogen) atoms. The van der Waals surface area contributed by atoms with Crippen LogP contribution in [0.2, 0.25) is 0 Å². The maximum atomic E-state index is 13.9. The van der Waals surface area contributed by atoms with Crippen LogP contribution < -0.4 is 10.2 Å². The largest absolute Gasteiger partial charge is 0.508 e. The molecule has 6 nitrogen and oxygen atoms in total. The first kappa shape index (κ1) is 28.0. The van der Waals surface area contributed by atoms with Gasteiger partial charge in [0.25, 0.3) is 0 Å². The van der Waals surface area contributed by atoms with E-state index in [2.05, 4.69) is 32.2 Å². The molecule has 6 heteroatoms. The van der Waals surface area contributed by atoms with Crippen LogP contribution in [-0.2, 0) is 14.3 Å². The number of imide groups is 1. The van der Waals surface area contributed by atoms with Gasteiger partial charge in [-0.05, 0) is 91.8 Å². The zero-order valence-corrected chi connectivity index (χ0v) is 24.4. The molecule has 2 heterocycles. The number of anilines is 3. The number of benzene rings is 3. The SMILES string of the molecule is C/C(=C\c1cccc(O)c1)CC[C@H]1OC[C@H]2C1=C(C(C)C)C[C@H]1C(=O)N(c3ccc(Nc4ccccc4)cc3)C(=O)[C@H]12.